The van der Waals surface area contributed by atoms with E-state index < -0.39 is 16.1 Å². The van der Waals surface area contributed by atoms with E-state index in [4.69, 9.17) is 4.74 Å². The van der Waals surface area contributed by atoms with Gasteiger partial charge in [0.25, 0.3) is 0 Å². The minimum absolute atomic E-state index is 0.172. The highest BCUT2D eigenvalue weighted by molar-refractivity contribution is 7.88. The SMILES string of the molecule is C[C@@H](NS(C)(=O)=O)C(=O)N1CCOC(c2ccccc2)C1. The van der Waals surface area contributed by atoms with Crippen LogP contribution < -0.4 is 4.72 Å². The zero-order valence-corrected chi connectivity index (χ0v) is 13.0. The number of rotatable bonds is 4. The molecule has 0 bridgehead atoms. The Morgan fingerprint density at radius 2 is 2.05 bits per heavy atom. The first-order valence-electron chi connectivity index (χ1n) is 6.79. The number of amides is 1. The first-order valence-corrected chi connectivity index (χ1v) is 8.68. The molecule has 116 valence electrons. The topological polar surface area (TPSA) is 75.7 Å². The Labute approximate surface area is 125 Å². The molecule has 21 heavy (non-hydrogen) atoms. The van der Waals surface area contributed by atoms with Gasteiger partial charge in [-0.2, -0.15) is 0 Å². The molecule has 1 fully saturated rings. The summed E-state index contributed by atoms with van der Waals surface area (Å²) in [7, 11) is -3.40. The maximum atomic E-state index is 12.3. The molecule has 1 aromatic rings. The Hall–Kier alpha value is -1.44. The second-order valence-electron chi connectivity index (χ2n) is 5.17. The molecule has 7 heteroatoms. The van der Waals surface area contributed by atoms with Crippen molar-refractivity contribution >= 4 is 15.9 Å². The summed E-state index contributed by atoms with van der Waals surface area (Å²) < 4.78 is 30.4. The Bertz CT molecular complexity index is 588. The van der Waals surface area contributed by atoms with Crippen molar-refractivity contribution in [2.24, 2.45) is 0 Å². The Morgan fingerprint density at radius 3 is 2.67 bits per heavy atom. The van der Waals surface area contributed by atoms with Gasteiger partial charge in [-0.1, -0.05) is 30.3 Å². The minimum atomic E-state index is -3.40. The third kappa shape index (κ3) is 4.52. The van der Waals surface area contributed by atoms with Crippen LogP contribution >= 0.6 is 0 Å². The summed E-state index contributed by atoms with van der Waals surface area (Å²) in [5.41, 5.74) is 1.01. The van der Waals surface area contributed by atoms with Crippen molar-refractivity contribution in [3.05, 3.63) is 35.9 Å². The summed E-state index contributed by atoms with van der Waals surface area (Å²) in [4.78, 5) is 13.9. The average molecular weight is 312 g/mol. The molecule has 1 aliphatic rings. The maximum absolute atomic E-state index is 12.3. The fraction of sp³-hybridized carbons (Fsp3) is 0.500. The monoisotopic (exact) mass is 312 g/mol. The van der Waals surface area contributed by atoms with Crippen molar-refractivity contribution in [2.75, 3.05) is 26.0 Å². The molecule has 0 radical (unpaired) electrons. The summed E-state index contributed by atoms with van der Waals surface area (Å²) in [6.45, 7) is 2.89. The summed E-state index contributed by atoms with van der Waals surface area (Å²) >= 11 is 0. The number of ether oxygens (including phenoxy) is 1. The molecular weight excluding hydrogens is 292 g/mol. The van der Waals surface area contributed by atoms with Crippen LogP contribution in [0, 0.1) is 0 Å². The molecule has 1 aliphatic heterocycles. The van der Waals surface area contributed by atoms with E-state index in [0.717, 1.165) is 11.8 Å². The molecular formula is C14H20N2O4S. The second-order valence-corrected chi connectivity index (χ2v) is 6.95. The van der Waals surface area contributed by atoms with Crippen LogP contribution in [0.3, 0.4) is 0 Å². The molecule has 0 aliphatic carbocycles. The standard InChI is InChI=1S/C14H20N2O4S/c1-11(15-21(2,18)19)14(17)16-8-9-20-13(10-16)12-6-4-3-5-7-12/h3-7,11,13,15H,8-10H2,1-2H3/t11-,13?/m1/s1. The summed E-state index contributed by atoms with van der Waals surface area (Å²) in [6.07, 6.45) is 0.873. The summed E-state index contributed by atoms with van der Waals surface area (Å²) in [5, 5.41) is 0. The van der Waals surface area contributed by atoms with Gasteiger partial charge in [0.2, 0.25) is 15.9 Å². The Balaban J connectivity index is 2.02. The van der Waals surface area contributed by atoms with Gasteiger partial charge in [-0.05, 0) is 12.5 Å². The lowest BCUT2D eigenvalue weighted by molar-refractivity contribution is -0.140. The summed E-state index contributed by atoms with van der Waals surface area (Å²) in [6, 6.07) is 8.91. The predicted molar refractivity (Wildman–Crippen MR) is 79.2 cm³/mol. The smallest absolute Gasteiger partial charge is 0.240 e. The fourth-order valence-electron chi connectivity index (χ4n) is 2.36. The lowest BCUT2D eigenvalue weighted by Gasteiger charge is -2.34. The number of sulfonamides is 1. The quantitative estimate of drug-likeness (QED) is 0.880. The van der Waals surface area contributed by atoms with Gasteiger partial charge in [0.15, 0.2) is 0 Å². The lowest BCUT2D eigenvalue weighted by Crippen LogP contribution is -2.50. The molecule has 1 aromatic carbocycles. The van der Waals surface area contributed by atoms with Gasteiger partial charge < -0.3 is 9.64 Å². The number of carbonyl (C=O) groups excluding carboxylic acids is 1. The minimum Gasteiger partial charge on any atom is -0.370 e. The first kappa shape index (κ1) is 15.9. The molecule has 1 amide bonds. The van der Waals surface area contributed by atoms with Crippen molar-refractivity contribution in [1.82, 2.24) is 9.62 Å². The molecule has 1 N–H and O–H groups in total. The molecule has 1 heterocycles. The molecule has 1 saturated heterocycles. The number of benzene rings is 1. The van der Waals surface area contributed by atoms with Crippen molar-refractivity contribution < 1.29 is 17.9 Å². The number of hydrogen-bond acceptors (Lipinski definition) is 4. The van der Waals surface area contributed by atoms with Crippen LogP contribution in [-0.4, -0.2) is 51.2 Å². The fourth-order valence-corrected chi connectivity index (χ4v) is 3.11. The zero-order valence-electron chi connectivity index (χ0n) is 12.2. The Kier molecular flexibility index (Phi) is 4.97. The van der Waals surface area contributed by atoms with Crippen molar-refractivity contribution in [3.8, 4) is 0 Å². The number of hydrogen-bond donors (Lipinski definition) is 1. The number of carbonyl (C=O) groups is 1. The van der Waals surface area contributed by atoms with Crippen LogP contribution in [0.25, 0.3) is 0 Å². The van der Waals surface area contributed by atoms with E-state index in [0.29, 0.717) is 19.7 Å². The molecule has 2 rings (SSSR count). The van der Waals surface area contributed by atoms with Crippen LogP contribution in [0.1, 0.15) is 18.6 Å². The van der Waals surface area contributed by atoms with E-state index >= 15 is 0 Å². The average Bonchev–Trinajstić information content (AvgIpc) is 2.46. The van der Waals surface area contributed by atoms with Crippen LogP contribution in [0.2, 0.25) is 0 Å². The van der Waals surface area contributed by atoms with Gasteiger partial charge in [-0.15, -0.1) is 0 Å². The molecule has 1 unspecified atom stereocenters. The predicted octanol–water partition coefficient (Wildman–Crippen LogP) is 0.524. The van der Waals surface area contributed by atoms with Gasteiger partial charge in [0, 0.05) is 6.54 Å². The van der Waals surface area contributed by atoms with Crippen molar-refractivity contribution in [2.45, 2.75) is 19.1 Å². The molecule has 2 atom stereocenters. The molecule has 0 spiro atoms. The van der Waals surface area contributed by atoms with Crippen molar-refractivity contribution in [3.63, 3.8) is 0 Å². The van der Waals surface area contributed by atoms with Gasteiger partial charge in [-0.25, -0.2) is 13.1 Å². The highest BCUT2D eigenvalue weighted by Gasteiger charge is 2.29. The van der Waals surface area contributed by atoms with Crippen LogP contribution in [-0.2, 0) is 19.6 Å². The van der Waals surface area contributed by atoms with Crippen LogP contribution in [0.5, 0.6) is 0 Å². The van der Waals surface area contributed by atoms with Gasteiger partial charge in [-0.3, -0.25) is 4.79 Å². The number of morpholine rings is 1. The normalized spacial score (nSPS) is 21.0. The lowest BCUT2D eigenvalue weighted by atomic mass is 10.1. The van der Waals surface area contributed by atoms with Crippen molar-refractivity contribution in [1.29, 1.82) is 0 Å². The van der Waals surface area contributed by atoms with Gasteiger partial charge in [0.05, 0.1) is 25.4 Å². The highest BCUT2D eigenvalue weighted by atomic mass is 32.2. The summed E-state index contributed by atoms with van der Waals surface area (Å²) in [5.74, 6) is -0.232. The van der Waals surface area contributed by atoms with E-state index in [1.165, 1.54) is 0 Å². The molecule has 6 nitrogen and oxygen atoms in total. The zero-order chi connectivity index (χ0) is 15.5. The van der Waals surface area contributed by atoms with E-state index in [2.05, 4.69) is 4.72 Å². The number of nitrogens with one attached hydrogen (secondary N) is 1. The molecule has 0 aromatic heterocycles. The van der Waals surface area contributed by atoms with Crippen LogP contribution in [0.4, 0.5) is 0 Å². The number of nitrogens with zero attached hydrogens (tertiary/aromatic N) is 1. The van der Waals surface area contributed by atoms with E-state index in [-0.39, 0.29) is 12.0 Å². The molecule has 0 saturated carbocycles. The van der Waals surface area contributed by atoms with Crippen LogP contribution in [0.15, 0.2) is 30.3 Å². The van der Waals surface area contributed by atoms with Gasteiger partial charge in [0.1, 0.15) is 6.10 Å². The Morgan fingerprint density at radius 1 is 1.38 bits per heavy atom. The van der Waals surface area contributed by atoms with E-state index in [9.17, 15) is 13.2 Å². The highest BCUT2D eigenvalue weighted by Crippen LogP contribution is 2.22. The van der Waals surface area contributed by atoms with E-state index in [1.807, 2.05) is 30.3 Å². The third-order valence-electron chi connectivity index (χ3n) is 3.31. The largest absolute Gasteiger partial charge is 0.370 e. The first-order chi connectivity index (χ1) is 9.87. The van der Waals surface area contributed by atoms with E-state index in [1.54, 1.807) is 11.8 Å². The van der Waals surface area contributed by atoms with Gasteiger partial charge >= 0.3 is 0 Å². The third-order valence-corrected chi connectivity index (χ3v) is 4.09. The second kappa shape index (κ2) is 6.55. The maximum Gasteiger partial charge on any atom is 0.240 e.